The molecule has 0 radical (unpaired) electrons. The Bertz CT molecular complexity index is 1140. The predicted molar refractivity (Wildman–Crippen MR) is 141 cm³/mol. The SMILES string of the molecule is CC.COc1cccc(-c2nccn2-c2c(C(C)C)cc(-c3ccccc3)cc2C(C)C)c1. The summed E-state index contributed by atoms with van der Waals surface area (Å²) in [4.78, 5) is 4.73. The second kappa shape index (κ2) is 11.0. The first-order valence-corrected chi connectivity index (χ1v) is 11.9. The van der Waals surface area contributed by atoms with Crippen LogP contribution in [0.5, 0.6) is 5.75 Å². The Labute approximate surface area is 199 Å². The van der Waals surface area contributed by atoms with Crippen molar-refractivity contribution in [3.63, 3.8) is 0 Å². The summed E-state index contributed by atoms with van der Waals surface area (Å²) in [5.41, 5.74) is 7.44. The Kier molecular flexibility index (Phi) is 8.11. The molecular weight excluding hydrogens is 404 g/mol. The van der Waals surface area contributed by atoms with Gasteiger partial charge in [-0.1, -0.05) is 84.0 Å². The molecule has 0 saturated carbocycles. The number of hydrogen-bond acceptors (Lipinski definition) is 2. The van der Waals surface area contributed by atoms with E-state index in [1.165, 1.54) is 27.9 Å². The van der Waals surface area contributed by atoms with Crippen LogP contribution in [0.3, 0.4) is 0 Å². The van der Waals surface area contributed by atoms with Gasteiger partial charge in [-0.15, -0.1) is 0 Å². The van der Waals surface area contributed by atoms with Gasteiger partial charge in [0.15, 0.2) is 0 Å². The van der Waals surface area contributed by atoms with Gasteiger partial charge >= 0.3 is 0 Å². The van der Waals surface area contributed by atoms with Gasteiger partial charge in [-0.25, -0.2) is 4.98 Å². The summed E-state index contributed by atoms with van der Waals surface area (Å²) in [7, 11) is 1.70. The maximum atomic E-state index is 5.45. The van der Waals surface area contributed by atoms with Crippen molar-refractivity contribution < 1.29 is 4.74 Å². The molecule has 4 rings (SSSR count). The van der Waals surface area contributed by atoms with E-state index < -0.39 is 0 Å². The molecule has 3 nitrogen and oxygen atoms in total. The molecule has 0 aliphatic heterocycles. The minimum atomic E-state index is 0.372. The molecule has 0 N–H and O–H groups in total. The largest absolute Gasteiger partial charge is 0.497 e. The minimum absolute atomic E-state index is 0.372. The van der Waals surface area contributed by atoms with Gasteiger partial charge < -0.3 is 4.74 Å². The number of hydrogen-bond donors (Lipinski definition) is 0. The third kappa shape index (κ3) is 5.19. The van der Waals surface area contributed by atoms with Crippen LogP contribution in [0.1, 0.15) is 64.5 Å². The molecule has 0 unspecified atom stereocenters. The Morgan fingerprint density at radius 2 is 1.33 bits per heavy atom. The van der Waals surface area contributed by atoms with Crippen LogP contribution < -0.4 is 4.74 Å². The molecule has 0 aliphatic carbocycles. The highest BCUT2D eigenvalue weighted by Gasteiger charge is 2.20. The van der Waals surface area contributed by atoms with Gasteiger partial charge in [-0.2, -0.15) is 0 Å². The van der Waals surface area contributed by atoms with E-state index in [9.17, 15) is 0 Å². The van der Waals surface area contributed by atoms with Crippen molar-refractivity contribution >= 4 is 0 Å². The van der Waals surface area contributed by atoms with E-state index in [1.54, 1.807) is 7.11 Å². The molecule has 0 bridgehead atoms. The topological polar surface area (TPSA) is 27.1 Å². The minimum Gasteiger partial charge on any atom is -0.497 e. The van der Waals surface area contributed by atoms with Crippen molar-refractivity contribution in [2.45, 2.75) is 53.4 Å². The number of benzene rings is 3. The Hall–Kier alpha value is -3.33. The van der Waals surface area contributed by atoms with Crippen LogP contribution in [-0.4, -0.2) is 16.7 Å². The van der Waals surface area contributed by atoms with Crippen LogP contribution in [0.25, 0.3) is 28.2 Å². The maximum Gasteiger partial charge on any atom is 0.144 e. The molecule has 0 spiro atoms. The summed E-state index contributed by atoms with van der Waals surface area (Å²) in [6.07, 6.45) is 3.96. The standard InChI is InChI=1S/C28H30N2O.C2H6/c1-19(2)25-17-23(21-10-7-6-8-11-21)18-26(20(3)4)27(25)30-15-14-29-28(30)22-12-9-13-24(16-22)31-5;1-2/h6-20H,1-5H3;1-2H3. The predicted octanol–water partition coefficient (Wildman–Crippen LogP) is 8.49. The second-order valence-electron chi connectivity index (χ2n) is 8.53. The number of aromatic nitrogens is 2. The van der Waals surface area contributed by atoms with Gasteiger partial charge in [-0.3, -0.25) is 4.57 Å². The van der Waals surface area contributed by atoms with Crippen LogP contribution >= 0.6 is 0 Å². The van der Waals surface area contributed by atoms with Gasteiger partial charge in [0.05, 0.1) is 12.8 Å². The Morgan fingerprint density at radius 1 is 0.727 bits per heavy atom. The molecule has 0 fully saturated rings. The first-order valence-electron chi connectivity index (χ1n) is 11.9. The number of imidazole rings is 1. The fourth-order valence-corrected chi connectivity index (χ4v) is 4.10. The number of rotatable bonds is 6. The van der Waals surface area contributed by atoms with Crippen molar-refractivity contribution in [2.75, 3.05) is 7.11 Å². The normalized spacial score (nSPS) is 10.8. The average molecular weight is 441 g/mol. The second-order valence-corrected chi connectivity index (χ2v) is 8.53. The highest BCUT2D eigenvalue weighted by atomic mass is 16.5. The Balaban J connectivity index is 0.00000149. The molecule has 3 aromatic carbocycles. The summed E-state index contributed by atoms with van der Waals surface area (Å²) in [6, 6.07) is 23.4. The van der Waals surface area contributed by atoms with E-state index in [-0.39, 0.29) is 0 Å². The van der Waals surface area contributed by atoms with E-state index >= 15 is 0 Å². The quantitative estimate of drug-likeness (QED) is 0.300. The molecule has 33 heavy (non-hydrogen) atoms. The highest BCUT2D eigenvalue weighted by Crippen LogP contribution is 2.38. The lowest BCUT2D eigenvalue weighted by atomic mass is 9.88. The number of nitrogens with zero attached hydrogens (tertiary/aromatic N) is 2. The monoisotopic (exact) mass is 440 g/mol. The van der Waals surface area contributed by atoms with Gasteiger partial charge in [0, 0.05) is 18.0 Å². The summed E-state index contributed by atoms with van der Waals surface area (Å²) in [6.45, 7) is 13.1. The molecule has 4 aromatic rings. The third-order valence-electron chi connectivity index (χ3n) is 5.73. The van der Waals surface area contributed by atoms with Gasteiger partial charge in [0.1, 0.15) is 11.6 Å². The lowest BCUT2D eigenvalue weighted by Gasteiger charge is -2.23. The molecule has 0 saturated heterocycles. The maximum absolute atomic E-state index is 5.45. The molecule has 0 amide bonds. The summed E-state index contributed by atoms with van der Waals surface area (Å²) in [5.74, 6) is 2.50. The van der Waals surface area contributed by atoms with Crippen molar-refractivity contribution in [3.05, 3.63) is 90.3 Å². The fraction of sp³-hybridized carbons (Fsp3) is 0.300. The lowest BCUT2D eigenvalue weighted by molar-refractivity contribution is 0.415. The van der Waals surface area contributed by atoms with E-state index in [1.807, 2.05) is 38.2 Å². The number of ether oxygens (including phenoxy) is 1. The van der Waals surface area contributed by atoms with Crippen LogP contribution in [0.4, 0.5) is 0 Å². The van der Waals surface area contributed by atoms with E-state index in [2.05, 4.69) is 87.0 Å². The van der Waals surface area contributed by atoms with Gasteiger partial charge in [-0.05, 0) is 58.4 Å². The summed E-state index contributed by atoms with van der Waals surface area (Å²) >= 11 is 0. The highest BCUT2D eigenvalue weighted by molar-refractivity contribution is 5.71. The van der Waals surface area contributed by atoms with E-state index in [0.29, 0.717) is 11.8 Å². The smallest absolute Gasteiger partial charge is 0.144 e. The van der Waals surface area contributed by atoms with Crippen LogP contribution in [0.15, 0.2) is 79.1 Å². The zero-order chi connectivity index (χ0) is 24.0. The molecular formula is C30H36N2O. The molecule has 1 aromatic heterocycles. The number of methoxy groups -OCH3 is 1. The van der Waals surface area contributed by atoms with Crippen molar-refractivity contribution in [1.29, 1.82) is 0 Å². The molecule has 0 aliphatic rings. The van der Waals surface area contributed by atoms with Gasteiger partial charge in [0.2, 0.25) is 0 Å². The first kappa shape index (κ1) is 24.3. The van der Waals surface area contributed by atoms with Crippen molar-refractivity contribution in [2.24, 2.45) is 0 Å². The summed E-state index contributed by atoms with van der Waals surface area (Å²) in [5, 5.41) is 0. The molecule has 3 heteroatoms. The van der Waals surface area contributed by atoms with Crippen molar-refractivity contribution in [1.82, 2.24) is 9.55 Å². The third-order valence-corrected chi connectivity index (χ3v) is 5.73. The van der Waals surface area contributed by atoms with Crippen LogP contribution in [0.2, 0.25) is 0 Å². The summed E-state index contributed by atoms with van der Waals surface area (Å²) < 4.78 is 7.69. The van der Waals surface area contributed by atoms with Gasteiger partial charge in [0.25, 0.3) is 0 Å². The lowest BCUT2D eigenvalue weighted by Crippen LogP contribution is -2.08. The zero-order valence-electron chi connectivity index (χ0n) is 21.0. The van der Waals surface area contributed by atoms with E-state index in [4.69, 9.17) is 9.72 Å². The van der Waals surface area contributed by atoms with Crippen LogP contribution in [-0.2, 0) is 0 Å². The van der Waals surface area contributed by atoms with E-state index in [0.717, 1.165) is 17.1 Å². The van der Waals surface area contributed by atoms with Crippen molar-refractivity contribution in [3.8, 4) is 34.0 Å². The Morgan fingerprint density at radius 3 is 1.91 bits per heavy atom. The molecule has 1 heterocycles. The molecule has 172 valence electrons. The average Bonchev–Trinajstić information content (AvgIpc) is 3.34. The zero-order valence-corrected chi connectivity index (χ0v) is 21.0. The first-order chi connectivity index (χ1) is 16.0. The fourth-order valence-electron chi connectivity index (χ4n) is 4.10. The van der Waals surface area contributed by atoms with Crippen LogP contribution in [0, 0.1) is 0 Å². The molecule has 0 atom stereocenters.